The van der Waals surface area contributed by atoms with Crippen LogP contribution in [0.2, 0.25) is 0 Å². The molecule has 0 fully saturated rings. The molecule has 0 saturated heterocycles. The minimum Gasteiger partial charge on any atom is -0.468 e. The number of nitrogens with one attached hydrogen (secondary N) is 1. The number of hydrogen-bond donors (Lipinski definition) is 1. The van der Waals surface area contributed by atoms with Crippen LogP contribution in [0.5, 0.6) is 0 Å². The number of fused-ring (bicyclic) bond motifs is 1. The molecule has 2 rings (SSSR count). The van der Waals surface area contributed by atoms with E-state index < -0.39 is 12.0 Å². The van der Waals surface area contributed by atoms with Gasteiger partial charge in [-0.25, -0.2) is 4.98 Å². The van der Waals surface area contributed by atoms with Crippen LogP contribution in [0.3, 0.4) is 0 Å². The fraction of sp³-hybridized carbons (Fsp3) is 0.250. The standard InChI is InChI=1S/C12H10BrN3O3/c1-18-11(17)6-15-9(5-14)12-16-8-4-7(13)2-3-10(8)19-12/h2-4,9,15H,6H2,1H3. The first-order valence-electron chi connectivity index (χ1n) is 5.40. The van der Waals surface area contributed by atoms with Crippen molar-refractivity contribution < 1.29 is 13.9 Å². The van der Waals surface area contributed by atoms with Gasteiger partial charge in [0.25, 0.3) is 0 Å². The first kappa shape index (κ1) is 13.5. The Morgan fingerprint density at radius 1 is 1.68 bits per heavy atom. The molecule has 1 atom stereocenters. The number of nitriles is 1. The Hall–Kier alpha value is -1.91. The fourth-order valence-corrected chi connectivity index (χ4v) is 1.84. The molecule has 0 bridgehead atoms. The van der Waals surface area contributed by atoms with Crippen LogP contribution in [0.15, 0.2) is 27.1 Å². The molecule has 19 heavy (non-hydrogen) atoms. The number of methoxy groups -OCH3 is 1. The maximum atomic E-state index is 11.0. The van der Waals surface area contributed by atoms with Gasteiger partial charge >= 0.3 is 5.97 Å². The van der Waals surface area contributed by atoms with E-state index >= 15 is 0 Å². The van der Waals surface area contributed by atoms with E-state index in [2.05, 4.69) is 31.0 Å². The van der Waals surface area contributed by atoms with Gasteiger partial charge in [-0.2, -0.15) is 5.26 Å². The van der Waals surface area contributed by atoms with Gasteiger partial charge in [0.05, 0.1) is 19.7 Å². The quantitative estimate of drug-likeness (QED) is 0.865. The molecule has 1 unspecified atom stereocenters. The number of ether oxygens (including phenoxy) is 1. The van der Waals surface area contributed by atoms with Crippen LogP contribution in [0.25, 0.3) is 11.1 Å². The van der Waals surface area contributed by atoms with Gasteiger partial charge in [-0.1, -0.05) is 15.9 Å². The molecule has 7 heteroatoms. The van der Waals surface area contributed by atoms with Crippen molar-refractivity contribution in [2.24, 2.45) is 0 Å². The first-order chi connectivity index (χ1) is 9.13. The minimum atomic E-state index is -0.801. The van der Waals surface area contributed by atoms with E-state index in [4.69, 9.17) is 9.68 Å². The SMILES string of the molecule is COC(=O)CNC(C#N)c1nc2cc(Br)ccc2o1. The monoisotopic (exact) mass is 323 g/mol. The van der Waals surface area contributed by atoms with Crippen molar-refractivity contribution in [2.75, 3.05) is 13.7 Å². The fourth-order valence-electron chi connectivity index (χ4n) is 1.49. The van der Waals surface area contributed by atoms with Gasteiger partial charge in [-0.3, -0.25) is 10.1 Å². The van der Waals surface area contributed by atoms with Crippen molar-refractivity contribution in [3.63, 3.8) is 0 Å². The summed E-state index contributed by atoms with van der Waals surface area (Å²) in [7, 11) is 1.28. The van der Waals surface area contributed by atoms with Crippen LogP contribution in [-0.4, -0.2) is 24.6 Å². The molecule has 6 nitrogen and oxygen atoms in total. The highest BCUT2D eigenvalue weighted by atomic mass is 79.9. The largest absolute Gasteiger partial charge is 0.468 e. The van der Waals surface area contributed by atoms with E-state index in [1.807, 2.05) is 12.1 Å². The Morgan fingerprint density at radius 3 is 3.16 bits per heavy atom. The van der Waals surface area contributed by atoms with Gasteiger partial charge in [0.2, 0.25) is 5.89 Å². The number of nitrogens with zero attached hydrogens (tertiary/aromatic N) is 2. The second-order valence-electron chi connectivity index (χ2n) is 3.68. The Balaban J connectivity index is 2.21. The summed E-state index contributed by atoms with van der Waals surface area (Å²) in [5.74, 6) is -0.237. The zero-order valence-corrected chi connectivity index (χ0v) is 11.6. The molecule has 0 aliphatic carbocycles. The number of halogens is 1. The predicted octanol–water partition coefficient (Wildman–Crippen LogP) is 1.92. The van der Waals surface area contributed by atoms with Crippen LogP contribution in [0.1, 0.15) is 11.9 Å². The van der Waals surface area contributed by atoms with Crippen LogP contribution in [0, 0.1) is 11.3 Å². The number of benzene rings is 1. The Kier molecular flexibility index (Phi) is 4.14. The maximum absolute atomic E-state index is 11.0. The lowest BCUT2D eigenvalue weighted by molar-refractivity contribution is -0.139. The number of rotatable bonds is 4. The molecular weight excluding hydrogens is 314 g/mol. The summed E-state index contributed by atoms with van der Waals surface area (Å²) in [6.45, 7) is -0.0862. The minimum absolute atomic E-state index is 0.0862. The molecular formula is C12H10BrN3O3. The highest BCUT2D eigenvalue weighted by Crippen LogP contribution is 2.23. The molecule has 1 aromatic heterocycles. The molecule has 2 aromatic rings. The summed E-state index contributed by atoms with van der Waals surface area (Å²) in [6.07, 6.45) is 0. The van der Waals surface area contributed by atoms with E-state index in [1.165, 1.54) is 7.11 Å². The van der Waals surface area contributed by atoms with Crippen molar-refractivity contribution in [3.05, 3.63) is 28.6 Å². The van der Waals surface area contributed by atoms with Crippen molar-refractivity contribution in [3.8, 4) is 6.07 Å². The zero-order chi connectivity index (χ0) is 13.8. The molecule has 0 radical (unpaired) electrons. The third kappa shape index (κ3) is 3.10. The zero-order valence-electron chi connectivity index (χ0n) is 10.0. The maximum Gasteiger partial charge on any atom is 0.319 e. The van der Waals surface area contributed by atoms with Gasteiger partial charge in [0.1, 0.15) is 5.52 Å². The molecule has 0 amide bonds. The molecule has 98 valence electrons. The normalized spacial score (nSPS) is 12.1. The van der Waals surface area contributed by atoms with Crippen molar-refractivity contribution in [1.29, 1.82) is 5.26 Å². The third-order valence-electron chi connectivity index (χ3n) is 2.42. The van der Waals surface area contributed by atoms with E-state index in [0.717, 1.165) is 4.47 Å². The highest BCUT2D eigenvalue weighted by molar-refractivity contribution is 9.10. The average molecular weight is 324 g/mol. The van der Waals surface area contributed by atoms with Crippen LogP contribution < -0.4 is 5.32 Å². The molecule has 0 spiro atoms. The van der Waals surface area contributed by atoms with Gasteiger partial charge in [0.15, 0.2) is 11.6 Å². The van der Waals surface area contributed by atoms with Crippen LogP contribution >= 0.6 is 15.9 Å². The molecule has 0 aliphatic rings. The highest BCUT2D eigenvalue weighted by Gasteiger charge is 2.18. The van der Waals surface area contributed by atoms with E-state index in [1.54, 1.807) is 12.1 Å². The predicted molar refractivity (Wildman–Crippen MR) is 70.1 cm³/mol. The average Bonchev–Trinajstić information content (AvgIpc) is 2.81. The lowest BCUT2D eigenvalue weighted by atomic mass is 10.3. The molecule has 1 aromatic carbocycles. The first-order valence-corrected chi connectivity index (χ1v) is 6.19. The number of oxazole rings is 1. The summed E-state index contributed by atoms with van der Waals surface area (Å²) in [4.78, 5) is 15.2. The van der Waals surface area contributed by atoms with Crippen molar-refractivity contribution in [2.45, 2.75) is 6.04 Å². The summed E-state index contributed by atoms with van der Waals surface area (Å²) in [5, 5.41) is 11.8. The van der Waals surface area contributed by atoms with Gasteiger partial charge in [0, 0.05) is 4.47 Å². The number of aromatic nitrogens is 1. The number of carbonyl (C=O) groups is 1. The number of esters is 1. The summed E-state index contributed by atoms with van der Waals surface area (Å²) >= 11 is 3.33. The summed E-state index contributed by atoms with van der Waals surface area (Å²) in [5.41, 5.74) is 1.22. The Labute approximate surface area is 117 Å². The van der Waals surface area contributed by atoms with Crippen LogP contribution in [0.4, 0.5) is 0 Å². The Bertz CT molecular complexity index is 647. The number of hydrogen-bond acceptors (Lipinski definition) is 6. The van der Waals surface area contributed by atoms with Gasteiger partial charge in [-0.15, -0.1) is 0 Å². The van der Waals surface area contributed by atoms with Gasteiger partial charge in [-0.05, 0) is 18.2 Å². The lowest BCUT2D eigenvalue weighted by Crippen LogP contribution is -2.27. The van der Waals surface area contributed by atoms with Crippen molar-refractivity contribution >= 4 is 33.0 Å². The topological polar surface area (TPSA) is 88.1 Å². The lowest BCUT2D eigenvalue weighted by Gasteiger charge is -2.05. The van der Waals surface area contributed by atoms with Gasteiger partial charge < -0.3 is 9.15 Å². The number of carbonyl (C=O) groups excluding carboxylic acids is 1. The van der Waals surface area contributed by atoms with E-state index in [-0.39, 0.29) is 12.4 Å². The Morgan fingerprint density at radius 2 is 2.47 bits per heavy atom. The molecule has 1 heterocycles. The second-order valence-corrected chi connectivity index (χ2v) is 4.60. The third-order valence-corrected chi connectivity index (χ3v) is 2.91. The smallest absolute Gasteiger partial charge is 0.319 e. The summed E-state index contributed by atoms with van der Waals surface area (Å²) in [6, 6.07) is 6.55. The van der Waals surface area contributed by atoms with Crippen molar-refractivity contribution in [1.82, 2.24) is 10.3 Å². The molecule has 1 N–H and O–H groups in total. The van der Waals surface area contributed by atoms with E-state index in [9.17, 15) is 4.79 Å². The molecule has 0 saturated carbocycles. The van der Waals surface area contributed by atoms with Crippen LogP contribution in [-0.2, 0) is 9.53 Å². The van der Waals surface area contributed by atoms with E-state index in [0.29, 0.717) is 11.1 Å². The molecule has 0 aliphatic heterocycles. The summed E-state index contributed by atoms with van der Waals surface area (Å²) < 4.78 is 10.8. The second kappa shape index (κ2) is 5.82.